The zero-order valence-corrected chi connectivity index (χ0v) is 10.2. The molecule has 0 radical (unpaired) electrons. The lowest BCUT2D eigenvalue weighted by Gasteiger charge is -2.39. The Hall–Kier alpha value is -1.36. The summed E-state index contributed by atoms with van der Waals surface area (Å²) >= 11 is 0. The maximum absolute atomic E-state index is 13.5. The summed E-state index contributed by atoms with van der Waals surface area (Å²) in [5.41, 5.74) is 6.09. The summed E-state index contributed by atoms with van der Waals surface area (Å²) in [5, 5.41) is 8.91. The third-order valence-electron chi connectivity index (χ3n) is 3.45. The number of hydrogen-bond acceptors (Lipinski definition) is 3. The Morgan fingerprint density at radius 1 is 1.33 bits per heavy atom. The highest BCUT2D eigenvalue weighted by Gasteiger charge is 2.27. The highest BCUT2D eigenvalue weighted by atomic mass is 19.1. The van der Waals surface area contributed by atoms with Crippen LogP contribution in [0.4, 0.5) is 20.2 Å². The van der Waals surface area contributed by atoms with E-state index in [4.69, 9.17) is 10.8 Å². The van der Waals surface area contributed by atoms with Crippen molar-refractivity contribution in [3.05, 3.63) is 23.8 Å². The molecule has 2 rings (SSSR count). The van der Waals surface area contributed by atoms with Crippen molar-refractivity contribution in [1.82, 2.24) is 0 Å². The van der Waals surface area contributed by atoms with Crippen LogP contribution in [0.2, 0.25) is 0 Å². The molecule has 5 heteroatoms. The normalized spacial score (nSPS) is 15.5. The fourth-order valence-corrected chi connectivity index (χ4v) is 2.25. The molecule has 1 aromatic rings. The number of aliphatic hydroxyl groups is 1. The number of aliphatic hydroxyl groups excluding tert-OH is 1. The van der Waals surface area contributed by atoms with Crippen molar-refractivity contribution in [2.45, 2.75) is 31.7 Å². The maximum Gasteiger partial charge on any atom is 0.151 e. The molecule has 0 saturated heterocycles. The van der Waals surface area contributed by atoms with E-state index < -0.39 is 11.6 Å². The zero-order valence-electron chi connectivity index (χ0n) is 10.2. The van der Waals surface area contributed by atoms with Gasteiger partial charge in [0.05, 0.1) is 11.4 Å². The van der Waals surface area contributed by atoms with Crippen LogP contribution in [0.1, 0.15) is 25.7 Å². The van der Waals surface area contributed by atoms with Crippen molar-refractivity contribution in [2.24, 2.45) is 0 Å². The van der Waals surface area contributed by atoms with Crippen LogP contribution >= 0.6 is 0 Å². The monoisotopic (exact) mass is 256 g/mol. The van der Waals surface area contributed by atoms with Gasteiger partial charge in [0.25, 0.3) is 0 Å². The Bertz CT molecular complexity index is 422. The quantitative estimate of drug-likeness (QED) is 0.795. The van der Waals surface area contributed by atoms with E-state index in [1.165, 1.54) is 6.07 Å². The Kier molecular flexibility index (Phi) is 4.01. The maximum atomic E-state index is 13.5. The molecule has 1 aliphatic carbocycles. The lowest BCUT2D eigenvalue weighted by Crippen LogP contribution is -2.41. The number of anilines is 2. The van der Waals surface area contributed by atoms with E-state index in [9.17, 15) is 8.78 Å². The topological polar surface area (TPSA) is 49.5 Å². The third kappa shape index (κ3) is 2.56. The second-order valence-corrected chi connectivity index (χ2v) is 4.68. The van der Waals surface area contributed by atoms with Crippen molar-refractivity contribution < 1.29 is 13.9 Å². The molecule has 1 saturated carbocycles. The highest BCUT2D eigenvalue weighted by molar-refractivity contribution is 5.69. The van der Waals surface area contributed by atoms with Crippen molar-refractivity contribution in [3.8, 4) is 0 Å². The van der Waals surface area contributed by atoms with Gasteiger partial charge in [-0.15, -0.1) is 0 Å². The van der Waals surface area contributed by atoms with Crippen LogP contribution in [0.25, 0.3) is 0 Å². The fourth-order valence-electron chi connectivity index (χ4n) is 2.25. The molecule has 1 aliphatic rings. The lowest BCUT2D eigenvalue weighted by molar-refractivity contribution is 0.283. The first-order chi connectivity index (χ1) is 8.63. The molecular weight excluding hydrogens is 238 g/mol. The molecule has 0 aromatic heterocycles. The van der Waals surface area contributed by atoms with Gasteiger partial charge in [0.2, 0.25) is 0 Å². The molecule has 3 N–H and O–H groups in total. The van der Waals surface area contributed by atoms with Crippen molar-refractivity contribution in [2.75, 3.05) is 23.8 Å². The lowest BCUT2D eigenvalue weighted by atomic mass is 9.90. The van der Waals surface area contributed by atoms with Gasteiger partial charge in [-0.2, -0.15) is 0 Å². The van der Waals surface area contributed by atoms with Crippen LogP contribution in [0.15, 0.2) is 12.1 Å². The van der Waals surface area contributed by atoms with Crippen molar-refractivity contribution in [1.29, 1.82) is 0 Å². The molecule has 0 aliphatic heterocycles. The second kappa shape index (κ2) is 5.52. The second-order valence-electron chi connectivity index (χ2n) is 4.68. The van der Waals surface area contributed by atoms with Crippen molar-refractivity contribution in [3.63, 3.8) is 0 Å². The first-order valence-electron chi connectivity index (χ1n) is 6.25. The van der Waals surface area contributed by atoms with Gasteiger partial charge in [0.1, 0.15) is 5.82 Å². The van der Waals surface area contributed by atoms with E-state index in [1.807, 2.05) is 4.90 Å². The molecule has 0 bridgehead atoms. The van der Waals surface area contributed by atoms with Crippen LogP contribution in [0, 0.1) is 11.6 Å². The SMILES string of the molecule is Nc1c(F)cc(F)cc1N(CCCO)C1CCC1. The van der Waals surface area contributed by atoms with Crippen molar-refractivity contribution >= 4 is 11.4 Å². The van der Waals surface area contributed by atoms with E-state index in [0.29, 0.717) is 18.7 Å². The fraction of sp³-hybridized carbons (Fsp3) is 0.538. The molecule has 0 amide bonds. The van der Waals surface area contributed by atoms with Crippen LogP contribution in [0.3, 0.4) is 0 Å². The summed E-state index contributed by atoms with van der Waals surface area (Å²) in [7, 11) is 0. The average Bonchev–Trinajstić information content (AvgIpc) is 2.26. The summed E-state index contributed by atoms with van der Waals surface area (Å²) in [6, 6.07) is 2.35. The van der Waals surface area contributed by atoms with E-state index in [1.54, 1.807) is 0 Å². The first kappa shape index (κ1) is 13.1. The minimum Gasteiger partial charge on any atom is -0.396 e. The number of benzene rings is 1. The molecule has 0 heterocycles. The molecule has 100 valence electrons. The van der Waals surface area contributed by atoms with E-state index >= 15 is 0 Å². The predicted molar refractivity (Wildman–Crippen MR) is 67.5 cm³/mol. The standard InChI is InChI=1S/C13H18F2N2O/c14-9-7-11(15)13(16)12(8-9)17(5-2-6-18)10-3-1-4-10/h7-8,10,18H,1-6,16H2. The number of halogens is 2. The van der Waals surface area contributed by atoms with E-state index in [2.05, 4.69) is 0 Å². The number of nitrogen functional groups attached to an aromatic ring is 1. The summed E-state index contributed by atoms with van der Waals surface area (Å²) in [5.74, 6) is -1.34. The highest BCUT2D eigenvalue weighted by Crippen LogP contribution is 2.34. The van der Waals surface area contributed by atoms with Gasteiger partial charge in [0, 0.05) is 25.3 Å². The number of nitrogens with two attached hydrogens (primary N) is 1. The predicted octanol–water partition coefficient (Wildman–Crippen LogP) is 2.29. The summed E-state index contributed by atoms with van der Waals surface area (Å²) in [4.78, 5) is 1.92. The Balaban J connectivity index is 2.28. The number of nitrogens with zero attached hydrogens (tertiary/aromatic N) is 1. The summed E-state index contributed by atoms with van der Waals surface area (Å²) in [6.45, 7) is 0.620. The van der Waals surface area contributed by atoms with Gasteiger partial charge in [0.15, 0.2) is 5.82 Å². The molecule has 0 spiro atoms. The van der Waals surface area contributed by atoms with Gasteiger partial charge >= 0.3 is 0 Å². The Labute approximate surface area is 105 Å². The summed E-state index contributed by atoms with van der Waals surface area (Å²) < 4.78 is 26.8. The molecule has 18 heavy (non-hydrogen) atoms. The Morgan fingerprint density at radius 2 is 2.06 bits per heavy atom. The molecule has 0 unspecified atom stereocenters. The molecule has 0 atom stereocenters. The molecule has 1 fully saturated rings. The largest absolute Gasteiger partial charge is 0.396 e. The molecular formula is C13H18F2N2O. The number of hydrogen-bond donors (Lipinski definition) is 2. The molecule has 3 nitrogen and oxygen atoms in total. The van der Waals surface area contributed by atoms with E-state index in [-0.39, 0.29) is 18.3 Å². The van der Waals surface area contributed by atoms with Gasteiger partial charge in [-0.25, -0.2) is 8.78 Å². The molecule has 1 aromatic carbocycles. The smallest absolute Gasteiger partial charge is 0.151 e. The van der Waals surface area contributed by atoms with Gasteiger partial charge < -0.3 is 15.7 Å². The number of rotatable bonds is 5. The van der Waals surface area contributed by atoms with Gasteiger partial charge in [-0.3, -0.25) is 0 Å². The van der Waals surface area contributed by atoms with Crippen LogP contribution in [-0.2, 0) is 0 Å². The van der Waals surface area contributed by atoms with Crippen LogP contribution in [-0.4, -0.2) is 24.3 Å². The van der Waals surface area contributed by atoms with E-state index in [0.717, 1.165) is 25.3 Å². The summed E-state index contributed by atoms with van der Waals surface area (Å²) in [6.07, 6.45) is 3.69. The Morgan fingerprint density at radius 3 is 2.61 bits per heavy atom. The minimum absolute atomic E-state index is 0.0127. The average molecular weight is 256 g/mol. The third-order valence-corrected chi connectivity index (χ3v) is 3.45. The van der Waals surface area contributed by atoms with Crippen LogP contribution in [0.5, 0.6) is 0 Å². The van der Waals surface area contributed by atoms with Gasteiger partial charge in [-0.1, -0.05) is 0 Å². The van der Waals surface area contributed by atoms with Gasteiger partial charge in [-0.05, 0) is 31.7 Å². The zero-order chi connectivity index (χ0) is 13.1. The first-order valence-corrected chi connectivity index (χ1v) is 6.25. The van der Waals surface area contributed by atoms with Crippen LogP contribution < -0.4 is 10.6 Å². The minimum atomic E-state index is -0.724.